The van der Waals surface area contributed by atoms with Crippen LogP contribution < -0.4 is 16.3 Å². The van der Waals surface area contributed by atoms with Crippen LogP contribution in [0.5, 0.6) is 5.75 Å². The number of aromatic nitrogens is 2. The Balaban J connectivity index is 1.72. The fourth-order valence-electron chi connectivity index (χ4n) is 3.86. The number of aliphatic hydroxyl groups is 1. The van der Waals surface area contributed by atoms with Gasteiger partial charge in [-0.1, -0.05) is 36.8 Å². The van der Waals surface area contributed by atoms with Gasteiger partial charge >= 0.3 is 0 Å². The van der Waals surface area contributed by atoms with Crippen molar-refractivity contribution in [3.8, 4) is 5.75 Å². The minimum Gasteiger partial charge on any atom is -0.506 e. The van der Waals surface area contributed by atoms with Gasteiger partial charge in [-0.05, 0) is 30.2 Å². The zero-order valence-corrected chi connectivity index (χ0v) is 19.1. The maximum Gasteiger partial charge on any atom is 0.284 e. The van der Waals surface area contributed by atoms with Gasteiger partial charge in [-0.15, -0.1) is 4.40 Å². The summed E-state index contributed by atoms with van der Waals surface area (Å²) in [6.07, 6.45) is 0. The van der Waals surface area contributed by atoms with E-state index in [-0.39, 0.29) is 50.6 Å². The molecule has 0 bridgehead atoms. The first kappa shape index (κ1) is 22.2. The van der Waals surface area contributed by atoms with Crippen molar-refractivity contribution in [2.75, 3.05) is 17.3 Å². The molecular weight excluding hydrogens is 462 g/mol. The van der Waals surface area contributed by atoms with Crippen LogP contribution in [0.4, 0.5) is 5.69 Å². The Morgan fingerprint density at radius 1 is 1.21 bits per heavy atom. The summed E-state index contributed by atoms with van der Waals surface area (Å²) in [7, 11) is -3.84. The van der Waals surface area contributed by atoms with E-state index in [0.29, 0.717) is 17.4 Å². The monoisotopic (exact) mass is 485 g/mol. The van der Waals surface area contributed by atoms with Crippen molar-refractivity contribution in [2.45, 2.75) is 25.3 Å². The lowest BCUT2D eigenvalue weighted by molar-refractivity contribution is 0.244. The quantitative estimate of drug-likeness (QED) is 0.248. The minimum absolute atomic E-state index is 0.0136. The van der Waals surface area contributed by atoms with E-state index >= 15 is 0 Å². The number of pyridine rings is 1. The van der Waals surface area contributed by atoms with Gasteiger partial charge in [-0.25, -0.2) is 9.66 Å². The second-order valence-electron chi connectivity index (χ2n) is 8.28. The Labute approximate surface area is 194 Å². The van der Waals surface area contributed by atoms with Gasteiger partial charge in [0.2, 0.25) is 5.89 Å². The highest BCUT2D eigenvalue weighted by atomic mass is 32.3. The first-order chi connectivity index (χ1) is 16.2. The van der Waals surface area contributed by atoms with E-state index in [0.717, 1.165) is 0 Å². The molecule has 0 amide bonds. The summed E-state index contributed by atoms with van der Waals surface area (Å²) in [5.74, 6) is -0.274. The summed E-state index contributed by atoms with van der Waals surface area (Å²) < 4.78 is 32.6. The van der Waals surface area contributed by atoms with Crippen molar-refractivity contribution in [3.05, 3.63) is 58.2 Å². The molecule has 3 heterocycles. The molecule has 2 aromatic carbocycles. The summed E-state index contributed by atoms with van der Waals surface area (Å²) in [5, 5.41) is 23.7. The van der Waals surface area contributed by atoms with E-state index in [4.69, 9.17) is 4.42 Å². The van der Waals surface area contributed by atoms with Crippen LogP contribution >= 0.6 is 10.8 Å². The number of rotatable bonds is 5. The fourth-order valence-corrected chi connectivity index (χ4v) is 5.16. The van der Waals surface area contributed by atoms with Crippen molar-refractivity contribution in [2.24, 2.45) is 10.3 Å². The van der Waals surface area contributed by atoms with Gasteiger partial charge in [-0.3, -0.25) is 13.9 Å². The molecule has 1 aliphatic rings. The predicted molar refractivity (Wildman–Crippen MR) is 130 cm³/mol. The summed E-state index contributed by atoms with van der Waals surface area (Å²) >= 11 is 0. The van der Waals surface area contributed by atoms with Gasteiger partial charge < -0.3 is 25.4 Å². The summed E-state index contributed by atoms with van der Waals surface area (Å²) in [6, 6.07) is 9.91. The van der Waals surface area contributed by atoms with Gasteiger partial charge in [0.05, 0.1) is 11.2 Å². The number of benzene rings is 2. The number of para-hydroxylation sites is 1. The average molecular weight is 486 g/mol. The van der Waals surface area contributed by atoms with Gasteiger partial charge in [0.25, 0.3) is 5.56 Å². The Kier molecular flexibility index (Phi) is 5.24. The molecular formula is C22H23N5O6S. The van der Waals surface area contributed by atoms with Crippen LogP contribution in [0.2, 0.25) is 0 Å². The molecule has 0 aliphatic carbocycles. The number of nitrogens with one attached hydrogen (secondary N) is 2. The van der Waals surface area contributed by atoms with Crippen molar-refractivity contribution >= 4 is 44.3 Å². The number of nitrogens with zero attached hydrogens (tertiary/aromatic N) is 3. The highest BCUT2D eigenvalue weighted by Gasteiger charge is 2.33. The smallest absolute Gasteiger partial charge is 0.284 e. The third kappa shape index (κ3) is 3.47. The number of hydrogen-bond donors (Lipinski definition) is 6. The number of anilines is 1. The van der Waals surface area contributed by atoms with E-state index in [1.807, 2.05) is 13.8 Å². The number of oxazole rings is 1. The van der Waals surface area contributed by atoms with Crippen molar-refractivity contribution < 1.29 is 23.7 Å². The van der Waals surface area contributed by atoms with Crippen LogP contribution in [0.25, 0.3) is 22.0 Å². The second-order valence-corrected chi connectivity index (χ2v) is 9.90. The highest BCUT2D eigenvalue weighted by molar-refractivity contribution is 8.23. The van der Waals surface area contributed by atoms with Crippen molar-refractivity contribution in [3.63, 3.8) is 0 Å². The third-order valence-corrected chi connectivity index (χ3v) is 6.79. The van der Waals surface area contributed by atoms with E-state index in [1.165, 1.54) is 10.7 Å². The van der Waals surface area contributed by atoms with E-state index in [2.05, 4.69) is 20.1 Å². The zero-order chi connectivity index (χ0) is 24.2. The molecule has 11 nitrogen and oxygen atoms in total. The molecule has 12 heteroatoms. The van der Waals surface area contributed by atoms with Gasteiger partial charge in [-0.2, -0.15) is 0 Å². The van der Waals surface area contributed by atoms with Crippen LogP contribution in [0.3, 0.4) is 0 Å². The third-order valence-electron chi connectivity index (χ3n) is 5.39. The average Bonchev–Trinajstić information content (AvgIpc) is 3.21. The maximum absolute atomic E-state index is 13.5. The van der Waals surface area contributed by atoms with Crippen LogP contribution in [-0.2, 0) is 6.61 Å². The molecule has 34 heavy (non-hydrogen) atoms. The Bertz CT molecular complexity index is 1520. The topological polar surface area (TPSA) is 165 Å². The number of amidine groups is 1. The predicted octanol–water partition coefficient (Wildman–Crippen LogP) is 3.44. The fraction of sp³-hybridized carbons (Fsp3) is 0.227. The Morgan fingerprint density at radius 3 is 2.71 bits per heavy atom. The largest absolute Gasteiger partial charge is 0.506 e. The second kappa shape index (κ2) is 8.02. The van der Waals surface area contributed by atoms with Crippen molar-refractivity contribution in [1.82, 2.24) is 9.66 Å². The van der Waals surface area contributed by atoms with Crippen LogP contribution in [0.15, 0.2) is 54.9 Å². The maximum atomic E-state index is 13.5. The lowest BCUT2D eigenvalue weighted by atomic mass is 10.1. The van der Waals surface area contributed by atoms with Gasteiger partial charge in [0, 0.05) is 11.9 Å². The molecule has 178 valence electrons. The number of aromatic hydroxyl groups is 1. The highest BCUT2D eigenvalue weighted by Crippen LogP contribution is 2.58. The van der Waals surface area contributed by atoms with Crippen LogP contribution in [-0.4, -0.2) is 41.4 Å². The van der Waals surface area contributed by atoms with E-state index in [1.54, 1.807) is 30.3 Å². The molecule has 0 fully saturated rings. The first-order valence-corrected chi connectivity index (χ1v) is 12.0. The molecule has 0 saturated heterocycles. The lowest BCUT2D eigenvalue weighted by Gasteiger charge is -2.34. The molecule has 2 aromatic heterocycles. The molecule has 0 spiro atoms. The van der Waals surface area contributed by atoms with Gasteiger partial charge in [0.15, 0.2) is 11.4 Å². The summed E-state index contributed by atoms with van der Waals surface area (Å²) in [4.78, 5) is 17.6. The van der Waals surface area contributed by atoms with Crippen LogP contribution in [0.1, 0.15) is 25.3 Å². The first-order valence-electron chi connectivity index (χ1n) is 10.5. The number of fused-ring (bicyclic) bond motifs is 4. The lowest BCUT2D eigenvalue weighted by Crippen LogP contribution is -2.37. The standard InChI is InChI=1S/C22H23N5O6S/c1-11(2)9-23-27-14-6-4-3-5-12(14)19(29)17(22(27)30)21-24-13-7-8-15-18(25-16(10-28)33-15)20(13)34(31,32)26-21/h3-8,11,23,28-29,31-32H,9-10H2,1-2H3,(H,24,26). The summed E-state index contributed by atoms with van der Waals surface area (Å²) in [6.45, 7) is 4.02. The molecule has 5 rings (SSSR count). The molecule has 0 radical (unpaired) electrons. The number of hydrogen-bond acceptors (Lipinski definition) is 10. The summed E-state index contributed by atoms with van der Waals surface area (Å²) in [5.41, 5.74) is 3.36. The molecule has 1 aliphatic heterocycles. The van der Waals surface area contributed by atoms with Crippen molar-refractivity contribution in [1.29, 1.82) is 0 Å². The van der Waals surface area contributed by atoms with Crippen LogP contribution in [0, 0.1) is 5.92 Å². The zero-order valence-electron chi connectivity index (χ0n) is 18.3. The normalized spacial score (nSPS) is 15.8. The minimum atomic E-state index is -3.84. The Hall–Kier alpha value is -3.58. The number of aliphatic hydroxyl groups excluding tert-OH is 1. The molecule has 4 aromatic rings. The van der Waals surface area contributed by atoms with Gasteiger partial charge in [0.1, 0.15) is 28.3 Å². The SMILES string of the molecule is CC(C)CNn1c(=O)c(C2=NS(O)(O)c3c(ccc4oc(CO)nc34)N2)c(O)c2ccccc21. The van der Waals surface area contributed by atoms with E-state index < -0.39 is 22.9 Å². The molecule has 6 N–H and O–H groups in total. The Morgan fingerprint density at radius 2 is 1.97 bits per heavy atom. The molecule has 0 unspecified atom stereocenters. The van der Waals surface area contributed by atoms with E-state index in [9.17, 15) is 24.1 Å². The molecule has 0 atom stereocenters. The molecule has 0 saturated carbocycles.